The lowest BCUT2D eigenvalue weighted by atomic mass is 10.1. The molecule has 2 aromatic carbocycles. The highest BCUT2D eigenvalue weighted by Gasteiger charge is 2.31. The van der Waals surface area contributed by atoms with Gasteiger partial charge in [0.2, 0.25) is 0 Å². The molecular weight excluding hydrogens is 483 g/mol. The SMILES string of the molecule is C=N/C=C\N(N)c1ccc(C(F)(F)F)cc1NC(=O)Nc1ccc(-n2c[n+]([O-])c(C(N)=O)c2N)cc1. The summed E-state index contributed by atoms with van der Waals surface area (Å²) in [5, 5.41) is 17.6. The fourth-order valence-electron chi connectivity index (χ4n) is 3.12. The maximum absolute atomic E-state index is 13.2. The van der Waals surface area contributed by atoms with E-state index >= 15 is 0 Å². The molecule has 3 rings (SSSR count). The predicted octanol–water partition coefficient (Wildman–Crippen LogP) is 2.31. The van der Waals surface area contributed by atoms with Crippen molar-refractivity contribution in [2.75, 3.05) is 21.4 Å². The number of nitrogens with zero attached hydrogens (tertiary/aromatic N) is 4. The van der Waals surface area contributed by atoms with Crippen LogP contribution in [0, 0.1) is 5.21 Å². The van der Waals surface area contributed by atoms with Gasteiger partial charge in [0.15, 0.2) is 0 Å². The summed E-state index contributed by atoms with van der Waals surface area (Å²) in [7, 11) is 0. The number of nitrogen functional groups attached to an aromatic ring is 1. The van der Waals surface area contributed by atoms with E-state index in [-0.39, 0.29) is 27.6 Å². The van der Waals surface area contributed by atoms with Crippen molar-refractivity contribution in [3.05, 3.63) is 77.7 Å². The van der Waals surface area contributed by atoms with Crippen molar-refractivity contribution in [1.29, 1.82) is 0 Å². The average molecular weight is 503 g/mol. The third-order valence-electron chi connectivity index (χ3n) is 4.76. The van der Waals surface area contributed by atoms with Gasteiger partial charge in [0.25, 0.3) is 23.7 Å². The number of imidazole rings is 1. The number of carbonyl (C=O) groups excluding carboxylic acids is 2. The highest BCUT2D eigenvalue weighted by atomic mass is 19.4. The van der Waals surface area contributed by atoms with Gasteiger partial charge in [0, 0.05) is 18.1 Å². The summed E-state index contributed by atoms with van der Waals surface area (Å²) in [6.07, 6.45) is -1.20. The van der Waals surface area contributed by atoms with Crippen LogP contribution in [0.4, 0.5) is 40.8 Å². The number of aromatic nitrogens is 2. The van der Waals surface area contributed by atoms with Crippen LogP contribution < -0.4 is 37.7 Å². The van der Waals surface area contributed by atoms with E-state index in [1.807, 2.05) is 0 Å². The lowest BCUT2D eigenvalue weighted by Gasteiger charge is -2.20. The number of nitrogens with one attached hydrogen (secondary N) is 2. The first-order chi connectivity index (χ1) is 16.9. The summed E-state index contributed by atoms with van der Waals surface area (Å²) in [6, 6.07) is 7.59. The maximum atomic E-state index is 13.2. The first-order valence-corrected chi connectivity index (χ1v) is 9.88. The molecule has 12 nitrogen and oxygen atoms in total. The van der Waals surface area contributed by atoms with Crippen LogP contribution >= 0.6 is 0 Å². The number of hydrazine groups is 1. The van der Waals surface area contributed by atoms with Crippen molar-refractivity contribution in [2.45, 2.75) is 6.18 Å². The van der Waals surface area contributed by atoms with Crippen LogP contribution in [0.15, 0.2) is 66.2 Å². The summed E-state index contributed by atoms with van der Waals surface area (Å²) in [5.41, 5.74) is 9.97. The van der Waals surface area contributed by atoms with Gasteiger partial charge in [-0.1, -0.05) is 0 Å². The van der Waals surface area contributed by atoms with Gasteiger partial charge in [-0.15, -0.1) is 0 Å². The van der Waals surface area contributed by atoms with Crippen LogP contribution in [-0.4, -0.2) is 23.2 Å². The number of benzene rings is 2. The van der Waals surface area contributed by atoms with Gasteiger partial charge in [-0.25, -0.2) is 15.4 Å². The predicted molar refractivity (Wildman–Crippen MR) is 127 cm³/mol. The molecule has 0 saturated carbocycles. The standard InChI is InChI=1S/C21H20F3N9O3/c1-28-8-9-32(27)16-7-2-12(21(22,23)24)10-15(16)30-20(35)29-13-3-5-14(6-4-13)31-11-33(36)17(18(31)25)19(26)34/h2-11H,1,25,27H2,(H2,26,34)(H2,29,30,35)/b9-8-. The summed E-state index contributed by atoms with van der Waals surface area (Å²) >= 11 is 0. The number of aliphatic imine (C=N–C) groups is 1. The Morgan fingerprint density at radius 1 is 1.17 bits per heavy atom. The van der Waals surface area contributed by atoms with Crippen LogP contribution in [0.5, 0.6) is 0 Å². The number of primary amides is 1. The molecule has 0 unspecified atom stereocenters. The van der Waals surface area contributed by atoms with E-state index in [0.717, 1.165) is 29.5 Å². The number of rotatable bonds is 7. The van der Waals surface area contributed by atoms with Crippen LogP contribution in [0.2, 0.25) is 0 Å². The molecule has 15 heteroatoms. The zero-order chi connectivity index (χ0) is 26.6. The summed E-state index contributed by atoms with van der Waals surface area (Å²) in [4.78, 5) is 27.4. The van der Waals surface area contributed by atoms with Crippen LogP contribution in [0.3, 0.4) is 0 Å². The number of urea groups is 1. The van der Waals surface area contributed by atoms with E-state index in [1.54, 1.807) is 0 Å². The van der Waals surface area contributed by atoms with Crippen molar-refractivity contribution in [3.8, 4) is 5.69 Å². The summed E-state index contributed by atoms with van der Waals surface area (Å²) in [6.45, 7) is 3.24. The molecule has 0 saturated heterocycles. The molecule has 188 valence electrons. The molecule has 0 radical (unpaired) electrons. The molecule has 3 amide bonds. The highest BCUT2D eigenvalue weighted by molar-refractivity contribution is 6.02. The molecule has 0 aliphatic rings. The molecule has 1 aromatic heterocycles. The third kappa shape index (κ3) is 5.53. The number of halogens is 3. The topological polar surface area (TPSA) is 184 Å². The normalized spacial score (nSPS) is 11.3. The van der Waals surface area contributed by atoms with Gasteiger partial charge >= 0.3 is 12.2 Å². The lowest BCUT2D eigenvalue weighted by Crippen LogP contribution is -2.34. The lowest BCUT2D eigenvalue weighted by molar-refractivity contribution is -0.606. The maximum Gasteiger partial charge on any atom is 0.416 e. The quantitative estimate of drug-likeness (QED) is 0.108. The molecular formula is C21H20F3N9O3. The molecule has 3 aromatic rings. The number of alkyl halides is 3. The molecule has 0 spiro atoms. The largest absolute Gasteiger partial charge is 0.710 e. The minimum atomic E-state index is -4.66. The van der Waals surface area contributed by atoms with Crippen molar-refractivity contribution in [1.82, 2.24) is 4.57 Å². The molecule has 0 bridgehead atoms. The van der Waals surface area contributed by atoms with Crippen LogP contribution in [-0.2, 0) is 6.18 Å². The van der Waals surface area contributed by atoms with Crippen LogP contribution in [0.1, 0.15) is 16.1 Å². The number of nitrogens with two attached hydrogens (primary N) is 3. The average Bonchev–Trinajstić information content (AvgIpc) is 3.11. The van der Waals surface area contributed by atoms with E-state index in [1.165, 1.54) is 41.2 Å². The van der Waals surface area contributed by atoms with Gasteiger partial charge < -0.3 is 27.3 Å². The Labute approximate surface area is 201 Å². The number of amides is 3. The Morgan fingerprint density at radius 2 is 1.83 bits per heavy atom. The smallest absolute Gasteiger partial charge is 0.416 e. The first-order valence-electron chi connectivity index (χ1n) is 9.88. The second-order valence-electron chi connectivity index (χ2n) is 7.15. The van der Waals surface area contributed by atoms with Crippen molar-refractivity contribution < 1.29 is 27.5 Å². The second kappa shape index (κ2) is 10.1. The Bertz CT molecular complexity index is 1330. The van der Waals surface area contributed by atoms with Gasteiger partial charge in [-0.2, -0.15) is 17.7 Å². The Balaban J connectivity index is 1.82. The van der Waals surface area contributed by atoms with E-state index in [2.05, 4.69) is 22.3 Å². The highest BCUT2D eigenvalue weighted by Crippen LogP contribution is 2.35. The molecule has 1 heterocycles. The van der Waals surface area contributed by atoms with Crippen molar-refractivity contribution >= 4 is 41.5 Å². The number of hydrogen-bond donors (Lipinski definition) is 5. The van der Waals surface area contributed by atoms with Gasteiger partial charge in [-0.05, 0) is 49.2 Å². The molecule has 0 atom stereocenters. The molecule has 0 aliphatic heterocycles. The molecule has 0 aliphatic carbocycles. The Kier molecular flexibility index (Phi) is 7.15. The second-order valence-corrected chi connectivity index (χ2v) is 7.15. The van der Waals surface area contributed by atoms with Crippen molar-refractivity contribution in [3.63, 3.8) is 0 Å². The fraction of sp³-hybridized carbons (Fsp3) is 0.0476. The monoisotopic (exact) mass is 503 g/mol. The number of carbonyl (C=O) groups is 2. The minimum absolute atomic E-state index is 0.0488. The van der Waals surface area contributed by atoms with E-state index < -0.39 is 29.4 Å². The van der Waals surface area contributed by atoms with E-state index in [4.69, 9.17) is 17.3 Å². The molecule has 0 fully saturated rings. The number of anilines is 4. The number of hydrogen-bond acceptors (Lipinski definition) is 7. The molecule has 36 heavy (non-hydrogen) atoms. The minimum Gasteiger partial charge on any atom is -0.710 e. The third-order valence-corrected chi connectivity index (χ3v) is 4.76. The first kappa shape index (κ1) is 25.6. The zero-order valence-electron chi connectivity index (χ0n) is 18.4. The Hall–Kier alpha value is -5.05. The Morgan fingerprint density at radius 3 is 2.39 bits per heavy atom. The van der Waals surface area contributed by atoms with E-state index in [0.29, 0.717) is 5.69 Å². The van der Waals surface area contributed by atoms with E-state index in [9.17, 15) is 28.0 Å². The summed E-state index contributed by atoms with van der Waals surface area (Å²) < 4.78 is 41.0. The van der Waals surface area contributed by atoms with Crippen molar-refractivity contribution in [2.24, 2.45) is 16.6 Å². The molecule has 8 N–H and O–H groups in total. The van der Waals surface area contributed by atoms with Gasteiger partial charge in [0.1, 0.15) is 5.69 Å². The zero-order valence-corrected chi connectivity index (χ0v) is 18.4. The summed E-state index contributed by atoms with van der Waals surface area (Å²) in [5.74, 6) is 4.64. The van der Waals surface area contributed by atoms with Gasteiger partial charge in [0.05, 0.1) is 16.9 Å². The fourth-order valence-corrected chi connectivity index (χ4v) is 3.12. The van der Waals surface area contributed by atoms with Crippen LogP contribution in [0.25, 0.3) is 5.69 Å². The van der Waals surface area contributed by atoms with Gasteiger partial charge in [-0.3, -0.25) is 14.8 Å².